The molecular formula is C19H22N2O3. The molecule has 0 fully saturated rings. The van der Waals surface area contributed by atoms with Gasteiger partial charge in [0.1, 0.15) is 5.75 Å². The number of amides is 1. The van der Waals surface area contributed by atoms with Gasteiger partial charge in [0, 0.05) is 24.9 Å². The van der Waals surface area contributed by atoms with Crippen LogP contribution < -0.4 is 10.1 Å². The van der Waals surface area contributed by atoms with Crippen LogP contribution in [-0.2, 0) is 22.6 Å². The van der Waals surface area contributed by atoms with Gasteiger partial charge in [-0.3, -0.25) is 14.6 Å². The number of aryl methyl sites for hydroxylation is 2. The normalized spacial score (nSPS) is 10.2. The third kappa shape index (κ3) is 5.19. The van der Waals surface area contributed by atoms with Gasteiger partial charge in [-0.1, -0.05) is 18.2 Å². The Morgan fingerprint density at radius 3 is 2.71 bits per heavy atom. The molecule has 0 spiro atoms. The van der Waals surface area contributed by atoms with Gasteiger partial charge >= 0.3 is 0 Å². The fraction of sp³-hybridized carbons (Fsp3) is 0.316. The number of carbonyl (C=O) groups excluding carboxylic acids is 2. The topological polar surface area (TPSA) is 68.3 Å². The van der Waals surface area contributed by atoms with Crippen molar-refractivity contribution in [3.05, 3.63) is 59.4 Å². The molecule has 0 atom stereocenters. The van der Waals surface area contributed by atoms with E-state index in [-0.39, 0.29) is 6.42 Å². The van der Waals surface area contributed by atoms with Crippen LogP contribution in [0.1, 0.15) is 29.7 Å². The lowest BCUT2D eigenvalue weighted by Crippen LogP contribution is -2.30. The Morgan fingerprint density at radius 1 is 1.21 bits per heavy atom. The SMILES string of the molecule is COc1ccc(CNC(=O)C(=O)CCCc2ccccn2)cc1C. The summed E-state index contributed by atoms with van der Waals surface area (Å²) >= 11 is 0. The summed E-state index contributed by atoms with van der Waals surface area (Å²) in [5.74, 6) is -0.128. The van der Waals surface area contributed by atoms with Crippen molar-refractivity contribution >= 4 is 11.7 Å². The number of benzene rings is 1. The summed E-state index contributed by atoms with van der Waals surface area (Å²) < 4.78 is 5.20. The van der Waals surface area contributed by atoms with E-state index >= 15 is 0 Å². The summed E-state index contributed by atoms with van der Waals surface area (Å²) in [6.07, 6.45) is 3.26. The monoisotopic (exact) mass is 326 g/mol. The summed E-state index contributed by atoms with van der Waals surface area (Å²) in [6.45, 7) is 2.27. The lowest BCUT2D eigenvalue weighted by molar-refractivity contribution is -0.138. The number of hydrogen-bond donors (Lipinski definition) is 1. The van der Waals surface area contributed by atoms with Gasteiger partial charge < -0.3 is 10.1 Å². The van der Waals surface area contributed by atoms with Gasteiger partial charge in [0.05, 0.1) is 7.11 Å². The van der Waals surface area contributed by atoms with E-state index in [2.05, 4.69) is 10.3 Å². The molecule has 1 N–H and O–H groups in total. The molecule has 1 amide bonds. The zero-order valence-electron chi connectivity index (χ0n) is 14.0. The predicted molar refractivity (Wildman–Crippen MR) is 91.8 cm³/mol. The standard InChI is InChI=1S/C19H22N2O3/c1-14-12-15(9-10-18(14)24-2)13-21-19(23)17(22)8-5-7-16-6-3-4-11-20-16/h3-4,6,9-12H,5,7-8,13H2,1-2H3,(H,21,23). The molecule has 24 heavy (non-hydrogen) atoms. The van der Waals surface area contributed by atoms with E-state index in [0.717, 1.165) is 22.6 Å². The minimum Gasteiger partial charge on any atom is -0.496 e. The molecule has 0 saturated heterocycles. The highest BCUT2D eigenvalue weighted by molar-refractivity contribution is 6.36. The zero-order chi connectivity index (χ0) is 17.4. The molecule has 0 saturated carbocycles. The smallest absolute Gasteiger partial charge is 0.287 e. The van der Waals surface area contributed by atoms with Crippen molar-refractivity contribution in [2.75, 3.05) is 7.11 Å². The maximum absolute atomic E-state index is 11.9. The van der Waals surface area contributed by atoms with Crippen LogP contribution in [0.5, 0.6) is 5.75 Å². The summed E-state index contributed by atoms with van der Waals surface area (Å²) in [5, 5.41) is 2.67. The van der Waals surface area contributed by atoms with Crippen LogP contribution in [0.25, 0.3) is 0 Å². The Bertz CT molecular complexity index is 699. The third-order valence-corrected chi connectivity index (χ3v) is 3.73. The highest BCUT2D eigenvalue weighted by Gasteiger charge is 2.13. The first-order valence-electron chi connectivity index (χ1n) is 7.94. The molecule has 0 bridgehead atoms. The van der Waals surface area contributed by atoms with Gasteiger partial charge in [-0.2, -0.15) is 0 Å². The van der Waals surface area contributed by atoms with Gasteiger partial charge in [0.15, 0.2) is 0 Å². The largest absolute Gasteiger partial charge is 0.496 e. The van der Waals surface area contributed by atoms with E-state index in [1.807, 2.05) is 43.3 Å². The lowest BCUT2D eigenvalue weighted by Gasteiger charge is -2.08. The average Bonchev–Trinajstić information content (AvgIpc) is 2.60. The van der Waals surface area contributed by atoms with Crippen molar-refractivity contribution < 1.29 is 14.3 Å². The molecule has 2 aromatic rings. The molecule has 126 valence electrons. The maximum atomic E-state index is 11.9. The van der Waals surface area contributed by atoms with Gasteiger partial charge in [0.2, 0.25) is 5.78 Å². The Balaban J connectivity index is 1.75. The van der Waals surface area contributed by atoms with E-state index in [9.17, 15) is 9.59 Å². The quantitative estimate of drug-likeness (QED) is 0.757. The number of hydrogen-bond acceptors (Lipinski definition) is 4. The summed E-state index contributed by atoms with van der Waals surface area (Å²) in [7, 11) is 1.62. The van der Waals surface area contributed by atoms with Crippen LogP contribution in [0.3, 0.4) is 0 Å². The van der Waals surface area contributed by atoms with Crippen molar-refractivity contribution in [2.45, 2.75) is 32.7 Å². The molecular weight excluding hydrogens is 304 g/mol. The number of ether oxygens (including phenoxy) is 1. The van der Waals surface area contributed by atoms with E-state index in [0.29, 0.717) is 19.4 Å². The number of rotatable bonds is 8. The van der Waals surface area contributed by atoms with Gasteiger partial charge in [-0.15, -0.1) is 0 Å². The van der Waals surface area contributed by atoms with Crippen LogP contribution in [0.4, 0.5) is 0 Å². The fourth-order valence-electron chi connectivity index (χ4n) is 2.42. The number of nitrogens with zero attached hydrogens (tertiary/aromatic N) is 1. The fourth-order valence-corrected chi connectivity index (χ4v) is 2.42. The Morgan fingerprint density at radius 2 is 2.04 bits per heavy atom. The van der Waals surface area contributed by atoms with E-state index < -0.39 is 11.7 Å². The second kappa shape index (κ2) is 8.82. The zero-order valence-corrected chi connectivity index (χ0v) is 14.0. The molecule has 0 aliphatic rings. The first-order chi connectivity index (χ1) is 11.6. The Kier molecular flexibility index (Phi) is 6.49. The van der Waals surface area contributed by atoms with Gasteiger partial charge in [-0.05, 0) is 49.1 Å². The van der Waals surface area contributed by atoms with Crippen LogP contribution in [0.15, 0.2) is 42.6 Å². The molecule has 0 unspecified atom stereocenters. The van der Waals surface area contributed by atoms with E-state index in [4.69, 9.17) is 4.74 Å². The second-order valence-electron chi connectivity index (χ2n) is 5.58. The number of nitrogens with one attached hydrogen (secondary N) is 1. The number of pyridine rings is 1. The lowest BCUT2D eigenvalue weighted by atomic mass is 10.1. The van der Waals surface area contributed by atoms with Crippen molar-refractivity contribution in [2.24, 2.45) is 0 Å². The molecule has 0 aliphatic carbocycles. The summed E-state index contributed by atoms with van der Waals surface area (Å²) in [5.41, 5.74) is 2.85. The van der Waals surface area contributed by atoms with Gasteiger partial charge in [-0.25, -0.2) is 0 Å². The van der Waals surface area contributed by atoms with E-state index in [1.165, 1.54) is 0 Å². The highest BCUT2D eigenvalue weighted by Crippen LogP contribution is 2.18. The average molecular weight is 326 g/mol. The van der Waals surface area contributed by atoms with Crippen molar-refractivity contribution in [1.82, 2.24) is 10.3 Å². The van der Waals surface area contributed by atoms with Crippen LogP contribution in [0, 0.1) is 6.92 Å². The first-order valence-corrected chi connectivity index (χ1v) is 7.94. The Hall–Kier alpha value is -2.69. The van der Waals surface area contributed by atoms with Crippen LogP contribution in [-0.4, -0.2) is 23.8 Å². The van der Waals surface area contributed by atoms with Crippen LogP contribution >= 0.6 is 0 Å². The molecule has 1 heterocycles. The third-order valence-electron chi connectivity index (χ3n) is 3.73. The number of aromatic nitrogens is 1. The number of carbonyl (C=O) groups is 2. The van der Waals surface area contributed by atoms with Crippen LogP contribution in [0.2, 0.25) is 0 Å². The van der Waals surface area contributed by atoms with Crippen molar-refractivity contribution in [1.29, 1.82) is 0 Å². The van der Waals surface area contributed by atoms with E-state index in [1.54, 1.807) is 13.3 Å². The number of Topliss-reactive ketones (excluding diaryl/α,β-unsaturated/α-hetero) is 1. The highest BCUT2D eigenvalue weighted by atomic mass is 16.5. The summed E-state index contributed by atoms with van der Waals surface area (Å²) in [4.78, 5) is 27.9. The molecule has 0 aliphatic heterocycles. The van der Waals surface area contributed by atoms with Gasteiger partial charge in [0.25, 0.3) is 5.91 Å². The number of ketones is 1. The second-order valence-corrected chi connectivity index (χ2v) is 5.58. The van der Waals surface area contributed by atoms with Crippen molar-refractivity contribution in [3.8, 4) is 5.75 Å². The van der Waals surface area contributed by atoms with Crippen molar-refractivity contribution in [3.63, 3.8) is 0 Å². The molecule has 5 heteroatoms. The number of methoxy groups -OCH3 is 1. The first kappa shape index (κ1) is 17.7. The minimum atomic E-state index is -0.538. The minimum absolute atomic E-state index is 0.226. The predicted octanol–water partition coefficient (Wildman–Crippen LogP) is 2.61. The summed E-state index contributed by atoms with van der Waals surface area (Å²) in [6, 6.07) is 11.3. The molecule has 5 nitrogen and oxygen atoms in total. The molecule has 2 rings (SSSR count). The maximum Gasteiger partial charge on any atom is 0.287 e. The molecule has 0 radical (unpaired) electrons. The molecule has 1 aromatic carbocycles. The molecule has 1 aromatic heterocycles. The Labute approximate surface area is 142 Å².